The van der Waals surface area contributed by atoms with Gasteiger partial charge in [0.25, 0.3) is 0 Å². The molecular weight excluding hydrogens is 142 g/mol. The van der Waals surface area contributed by atoms with Crippen LogP contribution in [0.15, 0.2) is 0 Å². The summed E-state index contributed by atoms with van der Waals surface area (Å²) in [6.07, 6.45) is 0. The molecule has 11 heavy (non-hydrogen) atoms. The van der Waals surface area contributed by atoms with Gasteiger partial charge in [0.15, 0.2) is 0 Å². The SMILES string of the molecule is CN1CC(CNC(=O)CN)C1. The number of carbonyl (C=O) groups excluding carboxylic acids is 1. The molecule has 0 aromatic carbocycles. The van der Waals surface area contributed by atoms with Gasteiger partial charge in [0.2, 0.25) is 5.91 Å². The zero-order valence-corrected chi connectivity index (χ0v) is 6.84. The maximum atomic E-state index is 10.7. The maximum Gasteiger partial charge on any atom is 0.233 e. The van der Waals surface area contributed by atoms with Gasteiger partial charge in [-0.3, -0.25) is 4.79 Å². The lowest BCUT2D eigenvalue weighted by Crippen LogP contribution is -2.49. The van der Waals surface area contributed by atoms with E-state index in [4.69, 9.17) is 5.73 Å². The Labute approximate surface area is 66.7 Å². The van der Waals surface area contributed by atoms with Gasteiger partial charge in [-0.2, -0.15) is 0 Å². The van der Waals surface area contributed by atoms with Crippen molar-refractivity contribution in [3.05, 3.63) is 0 Å². The van der Waals surface area contributed by atoms with Crippen LogP contribution in [-0.2, 0) is 4.79 Å². The van der Waals surface area contributed by atoms with Crippen molar-refractivity contribution in [1.82, 2.24) is 10.2 Å². The Morgan fingerprint density at radius 2 is 2.36 bits per heavy atom. The first-order valence-corrected chi connectivity index (χ1v) is 3.87. The molecule has 0 aromatic heterocycles. The van der Waals surface area contributed by atoms with Crippen molar-refractivity contribution >= 4 is 5.91 Å². The molecule has 1 saturated heterocycles. The Morgan fingerprint density at radius 3 is 2.82 bits per heavy atom. The molecule has 4 nitrogen and oxygen atoms in total. The van der Waals surface area contributed by atoms with Crippen LogP contribution in [0.3, 0.4) is 0 Å². The molecule has 1 aliphatic heterocycles. The first-order valence-electron chi connectivity index (χ1n) is 3.87. The van der Waals surface area contributed by atoms with Crippen LogP contribution in [0, 0.1) is 5.92 Å². The Hall–Kier alpha value is -0.610. The van der Waals surface area contributed by atoms with Crippen LogP contribution in [0.4, 0.5) is 0 Å². The zero-order valence-electron chi connectivity index (χ0n) is 6.84. The predicted octanol–water partition coefficient (Wildman–Crippen LogP) is -1.38. The third-order valence-corrected chi connectivity index (χ3v) is 1.91. The first kappa shape index (κ1) is 8.49. The molecule has 0 radical (unpaired) electrons. The van der Waals surface area contributed by atoms with E-state index in [9.17, 15) is 4.79 Å². The molecule has 0 atom stereocenters. The third kappa shape index (κ3) is 2.48. The summed E-state index contributed by atoms with van der Waals surface area (Å²) in [6.45, 7) is 3.05. The Kier molecular flexibility index (Phi) is 2.84. The molecule has 3 N–H and O–H groups in total. The molecule has 0 aromatic rings. The summed E-state index contributed by atoms with van der Waals surface area (Å²) >= 11 is 0. The van der Waals surface area contributed by atoms with E-state index < -0.39 is 0 Å². The van der Waals surface area contributed by atoms with E-state index in [2.05, 4.69) is 17.3 Å². The highest BCUT2D eigenvalue weighted by Gasteiger charge is 2.22. The summed E-state index contributed by atoms with van der Waals surface area (Å²) < 4.78 is 0. The fourth-order valence-corrected chi connectivity index (χ4v) is 1.29. The van der Waals surface area contributed by atoms with E-state index in [-0.39, 0.29) is 12.5 Å². The number of nitrogens with zero attached hydrogens (tertiary/aromatic N) is 1. The quantitative estimate of drug-likeness (QED) is 0.531. The minimum absolute atomic E-state index is 0.0560. The highest BCUT2D eigenvalue weighted by Crippen LogP contribution is 2.10. The standard InChI is InChI=1S/C7H15N3O/c1-10-4-6(5-10)3-9-7(11)2-8/h6H,2-5,8H2,1H3,(H,9,11). The van der Waals surface area contributed by atoms with Crippen molar-refractivity contribution in [1.29, 1.82) is 0 Å². The molecule has 64 valence electrons. The van der Waals surface area contributed by atoms with E-state index in [0.29, 0.717) is 5.92 Å². The van der Waals surface area contributed by atoms with Gasteiger partial charge in [-0.15, -0.1) is 0 Å². The number of nitrogens with two attached hydrogens (primary N) is 1. The van der Waals surface area contributed by atoms with Crippen LogP contribution in [0.5, 0.6) is 0 Å². The first-order chi connectivity index (χ1) is 5.22. The summed E-state index contributed by atoms with van der Waals surface area (Å²) in [7, 11) is 2.07. The molecule has 1 amide bonds. The molecule has 1 aliphatic rings. The molecule has 0 bridgehead atoms. The van der Waals surface area contributed by atoms with Crippen LogP contribution in [0.1, 0.15) is 0 Å². The molecule has 1 rings (SSSR count). The summed E-state index contributed by atoms with van der Waals surface area (Å²) in [5.41, 5.74) is 5.12. The summed E-state index contributed by atoms with van der Waals surface area (Å²) in [4.78, 5) is 12.9. The molecule has 1 heterocycles. The maximum absolute atomic E-state index is 10.7. The van der Waals surface area contributed by atoms with Crippen molar-refractivity contribution in [2.75, 3.05) is 33.2 Å². The van der Waals surface area contributed by atoms with Gasteiger partial charge in [-0.05, 0) is 7.05 Å². The number of carbonyl (C=O) groups is 1. The third-order valence-electron chi connectivity index (χ3n) is 1.91. The van der Waals surface area contributed by atoms with E-state index in [1.54, 1.807) is 0 Å². The van der Waals surface area contributed by atoms with E-state index in [1.807, 2.05) is 0 Å². The lowest BCUT2D eigenvalue weighted by atomic mass is 10.0. The van der Waals surface area contributed by atoms with Gasteiger partial charge in [0, 0.05) is 25.6 Å². The number of hydrogen-bond acceptors (Lipinski definition) is 3. The molecule has 0 saturated carbocycles. The fraction of sp³-hybridized carbons (Fsp3) is 0.857. The molecule has 0 spiro atoms. The molecule has 1 fully saturated rings. The van der Waals surface area contributed by atoms with Gasteiger partial charge in [-0.1, -0.05) is 0 Å². The molecule has 0 aliphatic carbocycles. The number of likely N-dealkylation sites (tertiary alicyclic amines) is 1. The van der Waals surface area contributed by atoms with Gasteiger partial charge >= 0.3 is 0 Å². The van der Waals surface area contributed by atoms with Gasteiger partial charge in [0.1, 0.15) is 0 Å². The van der Waals surface area contributed by atoms with E-state index in [1.165, 1.54) is 0 Å². The number of rotatable bonds is 3. The van der Waals surface area contributed by atoms with Crippen molar-refractivity contribution in [2.24, 2.45) is 11.7 Å². The average molecular weight is 157 g/mol. The second-order valence-corrected chi connectivity index (χ2v) is 3.10. The average Bonchev–Trinajstić information content (AvgIpc) is 1.95. The largest absolute Gasteiger partial charge is 0.355 e. The molecule has 0 unspecified atom stereocenters. The predicted molar refractivity (Wildman–Crippen MR) is 43.1 cm³/mol. The van der Waals surface area contributed by atoms with Crippen LogP contribution in [0.25, 0.3) is 0 Å². The van der Waals surface area contributed by atoms with Crippen LogP contribution < -0.4 is 11.1 Å². The minimum atomic E-state index is -0.0560. The normalized spacial score (nSPS) is 19.5. The van der Waals surface area contributed by atoms with Crippen LogP contribution in [0.2, 0.25) is 0 Å². The molecular formula is C7H15N3O. The highest BCUT2D eigenvalue weighted by molar-refractivity contribution is 5.77. The lowest BCUT2D eigenvalue weighted by Gasteiger charge is -2.36. The van der Waals surface area contributed by atoms with Gasteiger partial charge in [-0.25, -0.2) is 0 Å². The van der Waals surface area contributed by atoms with Gasteiger partial charge in [0.05, 0.1) is 6.54 Å². The second-order valence-electron chi connectivity index (χ2n) is 3.10. The number of nitrogens with one attached hydrogen (secondary N) is 1. The number of amides is 1. The van der Waals surface area contributed by atoms with Crippen molar-refractivity contribution in [3.63, 3.8) is 0 Å². The van der Waals surface area contributed by atoms with Gasteiger partial charge < -0.3 is 16.0 Å². The smallest absolute Gasteiger partial charge is 0.233 e. The van der Waals surface area contributed by atoms with Crippen molar-refractivity contribution < 1.29 is 4.79 Å². The van der Waals surface area contributed by atoms with Crippen LogP contribution in [-0.4, -0.2) is 44.0 Å². The fourth-order valence-electron chi connectivity index (χ4n) is 1.29. The summed E-state index contributed by atoms with van der Waals surface area (Å²) in [5, 5.41) is 2.76. The monoisotopic (exact) mass is 157 g/mol. The highest BCUT2D eigenvalue weighted by atomic mass is 16.1. The van der Waals surface area contributed by atoms with E-state index >= 15 is 0 Å². The minimum Gasteiger partial charge on any atom is -0.355 e. The summed E-state index contributed by atoms with van der Waals surface area (Å²) in [5.74, 6) is 0.579. The second kappa shape index (κ2) is 3.69. The topological polar surface area (TPSA) is 58.4 Å². The molecule has 4 heteroatoms. The Bertz CT molecular complexity index is 143. The van der Waals surface area contributed by atoms with Crippen molar-refractivity contribution in [2.45, 2.75) is 0 Å². The Balaban J connectivity index is 2.00. The van der Waals surface area contributed by atoms with Crippen LogP contribution >= 0.6 is 0 Å². The number of hydrogen-bond donors (Lipinski definition) is 2. The lowest BCUT2D eigenvalue weighted by molar-refractivity contribution is -0.120. The van der Waals surface area contributed by atoms with E-state index in [0.717, 1.165) is 19.6 Å². The zero-order chi connectivity index (χ0) is 8.27. The van der Waals surface area contributed by atoms with Crippen molar-refractivity contribution in [3.8, 4) is 0 Å². The summed E-state index contributed by atoms with van der Waals surface area (Å²) in [6, 6.07) is 0. The Morgan fingerprint density at radius 1 is 1.73 bits per heavy atom.